The standard InChI is InChI=1S/C6H9BrO2/c1-4(3-7)5(2)6(8)9/h3H2,1-2H3,(H,8,9)/b5-4-. The van der Waals surface area contributed by atoms with Crippen molar-refractivity contribution in [3.05, 3.63) is 11.1 Å². The minimum absolute atomic E-state index is 0.423. The molecule has 0 radical (unpaired) electrons. The van der Waals surface area contributed by atoms with Crippen molar-refractivity contribution in [2.45, 2.75) is 13.8 Å². The smallest absolute Gasteiger partial charge is 0.331 e. The number of alkyl halides is 1. The molecule has 0 aromatic carbocycles. The van der Waals surface area contributed by atoms with Gasteiger partial charge in [-0.3, -0.25) is 0 Å². The van der Waals surface area contributed by atoms with Crippen LogP contribution in [0.2, 0.25) is 0 Å². The zero-order valence-electron chi connectivity index (χ0n) is 5.44. The number of allylic oxidation sites excluding steroid dienone is 1. The van der Waals surface area contributed by atoms with E-state index in [9.17, 15) is 4.79 Å². The fourth-order valence-corrected chi connectivity index (χ4v) is 0.703. The van der Waals surface area contributed by atoms with E-state index in [0.29, 0.717) is 10.9 Å². The fraction of sp³-hybridized carbons (Fsp3) is 0.500. The number of hydrogen-bond donors (Lipinski definition) is 1. The van der Waals surface area contributed by atoms with Gasteiger partial charge < -0.3 is 5.11 Å². The Morgan fingerprint density at radius 1 is 1.56 bits per heavy atom. The van der Waals surface area contributed by atoms with Gasteiger partial charge in [0.2, 0.25) is 0 Å². The molecule has 0 aliphatic rings. The summed E-state index contributed by atoms with van der Waals surface area (Å²) in [6.45, 7) is 3.39. The van der Waals surface area contributed by atoms with Crippen LogP contribution in [0.3, 0.4) is 0 Å². The maximum Gasteiger partial charge on any atom is 0.331 e. The Balaban J connectivity index is 4.28. The summed E-state index contributed by atoms with van der Waals surface area (Å²) >= 11 is 3.16. The van der Waals surface area contributed by atoms with Crippen LogP contribution in [0, 0.1) is 0 Å². The van der Waals surface area contributed by atoms with Crippen LogP contribution in [0.25, 0.3) is 0 Å². The van der Waals surface area contributed by atoms with Crippen LogP contribution in [0.15, 0.2) is 11.1 Å². The van der Waals surface area contributed by atoms with Crippen molar-refractivity contribution in [3.8, 4) is 0 Å². The second kappa shape index (κ2) is 3.67. The molecule has 0 saturated heterocycles. The Kier molecular flexibility index (Phi) is 3.54. The van der Waals surface area contributed by atoms with Crippen LogP contribution in [-0.2, 0) is 4.79 Å². The van der Waals surface area contributed by atoms with E-state index in [-0.39, 0.29) is 0 Å². The Morgan fingerprint density at radius 3 is 2.11 bits per heavy atom. The molecule has 0 amide bonds. The molecule has 1 N–H and O–H groups in total. The molecule has 0 aliphatic heterocycles. The minimum Gasteiger partial charge on any atom is -0.478 e. The van der Waals surface area contributed by atoms with E-state index in [1.807, 2.05) is 0 Å². The highest BCUT2D eigenvalue weighted by Gasteiger charge is 2.02. The molecule has 0 fully saturated rings. The Bertz CT molecular complexity index is 149. The van der Waals surface area contributed by atoms with Gasteiger partial charge in [-0.05, 0) is 13.8 Å². The number of rotatable bonds is 2. The van der Waals surface area contributed by atoms with Crippen molar-refractivity contribution in [2.24, 2.45) is 0 Å². The van der Waals surface area contributed by atoms with Gasteiger partial charge in [0.15, 0.2) is 0 Å². The van der Waals surface area contributed by atoms with Gasteiger partial charge in [0, 0.05) is 10.9 Å². The normalized spacial score (nSPS) is 12.8. The van der Waals surface area contributed by atoms with Crippen LogP contribution >= 0.6 is 15.9 Å². The molecular weight excluding hydrogens is 184 g/mol. The van der Waals surface area contributed by atoms with E-state index >= 15 is 0 Å². The van der Waals surface area contributed by atoms with Crippen molar-refractivity contribution in [1.29, 1.82) is 0 Å². The predicted molar refractivity (Wildman–Crippen MR) is 39.8 cm³/mol. The third-order valence-corrected chi connectivity index (χ3v) is 2.00. The van der Waals surface area contributed by atoms with E-state index in [0.717, 1.165) is 5.57 Å². The lowest BCUT2D eigenvalue weighted by molar-refractivity contribution is -0.132. The first kappa shape index (κ1) is 8.69. The molecule has 0 rings (SSSR count). The van der Waals surface area contributed by atoms with Gasteiger partial charge >= 0.3 is 5.97 Å². The van der Waals surface area contributed by atoms with Crippen molar-refractivity contribution in [2.75, 3.05) is 5.33 Å². The second-order valence-corrected chi connectivity index (χ2v) is 2.40. The van der Waals surface area contributed by atoms with E-state index < -0.39 is 5.97 Å². The van der Waals surface area contributed by atoms with Crippen LogP contribution in [-0.4, -0.2) is 16.4 Å². The number of halogens is 1. The van der Waals surface area contributed by atoms with Crippen LogP contribution in [0.1, 0.15) is 13.8 Å². The molecule has 0 spiro atoms. The highest BCUT2D eigenvalue weighted by atomic mass is 79.9. The summed E-state index contributed by atoms with van der Waals surface area (Å²) in [4.78, 5) is 10.2. The van der Waals surface area contributed by atoms with E-state index in [1.165, 1.54) is 0 Å². The zero-order valence-corrected chi connectivity index (χ0v) is 7.03. The molecule has 0 aromatic rings. The largest absolute Gasteiger partial charge is 0.478 e. The van der Waals surface area contributed by atoms with Crippen molar-refractivity contribution < 1.29 is 9.90 Å². The highest BCUT2D eigenvalue weighted by molar-refractivity contribution is 9.09. The lowest BCUT2D eigenvalue weighted by Gasteiger charge is -1.96. The molecule has 52 valence electrons. The van der Waals surface area contributed by atoms with Gasteiger partial charge in [0.25, 0.3) is 0 Å². The van der Waals surface area contributed by atoms with Crippen molar-refractivity contribution in [3.63, 3.8) is 0 Å². The number of aliphatic carboxylic acids is 1. The molecule has 0 atom stereocenters. The lowest BCUT2D eigenvalue weighted by Crippen LogP contribution is -1.99. The first-order valence-electron chi connectivity index (χ1n) is 2.55. The summed E-state index contributed by atoms with van der Waals surface area (Å²) in [5.74, 6) is -0.841. The van der Waals surface area contributed by atoms with Gasteiger partial charge in [-0.25, -0.2) is 4.79 Å². The molecule has 0 aromatic heterocycles. The molecule has 0 aliphatic carbocycles. The summed E-state index contributed by atoms with van der Waals surface area (Å²) in [5.41, 5.74) is 1.29. The van der Waals surface area contributed by atoms with Crippen LogP contribution < -0.4 is 0 Å². The second-order valence-electron chi connectivity index (χ2n) is 1.84. The first-order chi connectivity index (χ1) is 4.09. The van der Waals surface area contributed by atoms with Crippen molar-refractivity contribution >= 4 is 21.9 Å². The molecule has 0 saturated carbocycles. The third kappa shape index (κ3) is 2.65. The number of carboxylic acid groups (broad SMARTS) is 1. The van der Waals surface area contributed by atoms with Gasteiger partial charge in [-0.1, -0.05) is 21.5 Å². The average Bonchev–Trinajstić information content (AvgIpc) is 1.84. The predicted octanol–water partition coefficient (Wildman–Crippen LogP) is 1.80. The quantitative estimate of drug-likeness (QED) is 0.536. The fourth-order valence-electron chi connectivity index (χ4n) is 0.283. The summed E-state index contributed by atoms with van der Waals surface area (Å²) in [6.07, 6.45) is 0. The Hall–Kier alpha value is -0.310. The number of carbonyl (C=O) groups is 1. The lowest BCUT2D eigenvalue weighted by atomic mass is 10.2. The molecule has 9 heavy (non-hydrogen) atoms. The number of carboxylic acids is 1. The van der Waals surface area contributed by atoms with E-state index in [4.69, 9.17) is 5.11 Å². The third-order valence-electron chi connectivity index (χ3n) is 1.16. The Morgan fingerprint density at radius 2 is 2.00 bits per heavy atom. The maximum absolute atomic E-state index is 10.2. The van der Waals surface area contributed by atoms with Gasteiger partial charge in [0.05, 0.1) is 0 Å². The van der Waals surface area contributed by atoms with E-state index in [1.54, 1.807) is 13.8 Å². The SMILES string of the molecule is C/C(CBr)=C(\C)C(=O)O. The first-order valence-corrected chi connectivity index (χ1v) is 3.67. The van der Waals surface area contributed by atoms with Crippen LogP contribution in [0.5, 0.6) is 0 Å². The minimum atomic E-state index is -0.841. The summed E-state index contributed by atoms with van der Waals surface area (Å²) in [6, 6.07) is 0. The maximum atomic E-state index is 10.2. The topological polar surface area (TPSA) is 37.3 Å². The summed E-state index contributed by atoms with van der Waals surface area (Å²) < 4.78 is 0. The molecule has 2 nitrogen and oxygen atoms in total. The summed E-state index contributed by atoms with van der Waals surface area (Å²) in [7, 11) is 0. The number of hydrogen-bond acceptors (Lipinski definition) is 1. The summed E-state index contributed by atoms with van der Waals surface area (Å²) in [5, 5.41) is 9.03. The monoisotopic (exact) mass is 192 g/mol. The average molecular weight is 193 g/mol. The molecule has 0 heterocycles. The van der Waals surface area contributed by atoms with Gasteiger partial charge in [-0.2, -0.15) is 0 Å². The van der Waals surface area contributed by atoms with Gasteiger partial charge in [0.1, 0.15) is 0 Å². The van der Waals surface area contributed by atoms with Crippen molar-refractivity contribution in [1.82, 2.24) is 0 Å². The zero-order chi connectivity index (χ0) is 7.44. The Labute approximate surface area is 62.7 Å². The van der Waals surface area contributed by atoms with E-state index in [2.05, 4.69) is 15.9 Å². The molecule has 0 bridgehead atoms. The van der Waals surface area contributed by atoms with Crippen LogP contribution in [0.4, 0.5) is 0 Å². The highest BCUT2D eigenvalue weighted by Crippen LogP contribution is 2.05. The molecule has 3 heteroatoms. The van der Waals surface area contributed by atoms with Gasteiger partial charge in [-0.15, -0.1) is 0 Å². The molecule has 0 unspecified atom stereocenters. The molecular formula is C6H9BrO2.